The van der Waals surface area contributed by atoms with E-state index in [4.69, 9.17) is 6.85 Å². The Morgan fingerprint density at radius 1 is 1.25 bits per heavy atom. The van der Waals surface area contributed by atoms with Crippen LogP contribution in [-0.2, 0) is 0 Å². The molecule has 0 saturated carbocycles. The highest BCUT2D eigenvalue weighted by Gasteiger charge is 1.89. The Morgan fingerprint density at radius 2 is 2.25 bits per heavy atom. The standard InChI is InChI=1S/C8H12/c1-2-4-6-8-7-5-3-1/h1-6H2/i1D,3D2,5D2. The number of hydrogen-bond donors (Lipinski definition) is 0. The van der Waals surface area contributed by atoms with Crippen molar-refractivity contribution in [1.82, 2.24) is 0 Å². The van der Waals surface area contributed by atoms with Crippen molar-refractivity contribution in [2.75, 3.05) is 0 Å². The summed E-state index contributed by atoms with van der Waals surface area (Å²) in [5, 5.41) is 0. The highest BCUT2D eigenvalue weighted by Crippen LogP contribution is 2.06. The Morgan fingerprint density at radius 3 is 3.25 bits per heavy atom. The molecule has 0 aromatic heterocycles. The van der Waals surface area contributed by atoms with Crippen LogP contribution in [0, 0.1) is 11.8 Å². The van der Waals surface area contributed by atoms with Crippen LogP contribution in [0.3, 0.4) is 0 Å². The summed E-state index contributed by atoms with van der Waals surface area (Å²) >= 11 is 0. The van der Waals surface area contributed by atoms with Gasteiger partial charge in [-0.3, -0.25) is 0 Å². The smallest absolute Gasteiger partial charge is 0.0402 e. The van der Waals surface area contributed by atoms with E-state index in [1.54, 1.807) is 0 Å². The monoisotopic (exact) mass is 113 g/mol. The molecule has 0 heteroatoms. The van der Waals surface area contributed by atoms with Gasteiger partial charge in [-0.05, 0) is 12.8 Å². The van der Waals surface area contributed by atoms with Gasteiger partial charge in [0.05, 0.1) is 0 Å². The van der Waals surface area contributed by atoms with Crippen molar-refractivity contribution in [2.24, 2.45) is 0 Å². The highest BCUT2D eigenvalue weighted by molar-refractivity contribution is 4.99. The van der Waals surface area contributed by atoms with E-state index in [-0.39, 0.29) is 0 Å². The lowest BCUT2D eigenvalue weighted by Gasteiger charge is -1.97. The zero-order valence-electron chi connectivity index (χ0n) is 9.70. The molecule has 1 atom stereocenters. The minimum absolute atomic E-state index is 0.376. The van der Waals surface area contributed by atoms with Crippen LogP contribution in [0.2, 0.25) is 0 Å². The van der Waals surface area contributed by atoms with E-state index in [0.717, 1.165) is 0 Å². The second-order valence-corrected chi connectivity index (χ2v) is 1.67. The van der Waals surface area contributed by atoms with Crippen molar-refractivity contribution in [3.63, 3.8) is 0 Å². The summed E-state index contributed by atoms with van der Waals surface area (Å²) < 4.78 is 37.2. The topological polar surface area (TPSA) is 0 Å². The molecular weight excluding hydrogens is 96.1 g/mol. The van der Waals surface area contributed by atoms with Crippen LogP contribution in [0.4, 0.5) is 0 Å². The summed E-state index contributed by atoms with van der Waals surface area (Å²) in [6, 6.07) is 0. The molecule has 0 aromatic carbocycles. The lowest BCUT2D eigenvalue weighted by molar-refractivity contribution is 0.652. The van der Waals surface area contributed by atoms with Crippen molar-refractivity contribution in [3.8, 4) is 11.8 Å². The third kappa shape index (κ3) is 2.02. The Balaban J connectivity index is 3.01. The zero-order chi connectivity index (χ0) is 10.1. The van der Waals surface area contributed by atoms with Crippen LogP contribution < -0.4 is 0 Å². The molecular formula is C8H12. The Kier molecular flexibility index (Phi) is 0.915. The molecule has 8 heavy (non-hydrogen) atoms. The lowest BCUT2D eigenvalue weighted by atomic mass is 10.1. The first kappa shape index (κ1) is 2.06. The molecule has 0 saturated heterocycles. The third-order valence-corrected chi connectivity index (χ3v) is 0.975. The van der Waals surface area contributed by atoms with E-state index >= 15 is 0 Å². The van der Waals surface area contributed by atoms with Crippen molar-refractivity contribution < 1.29 is 6.85 Å². The van der Waals surface area contributed by atoms with E-state index in [2.05, 4.69) is 11.8 Å². The van der Waals surface area contributed by atoms with E-state index in [1.807, 2.05) is 0 Å². The molecule has 0 nitrogen and oxygen atoms in total. The average molecular weight is 113 g/mol. The quantitative estimate of drug-likeness (QED) is 0.423. The van der Waals surface area contributed by atoms with Gasteiger partial charge in [0.15, 0.2) is 0 Å². The van der Waals surface area contributed by atoms with Gasteiger partial charge in [-0.1, -0.05) is 12.8 Å². The molecule has 0 N–H and O–H groups in total. The summed E-state index contributed by atoms with van der Waals surface area (Å²) in [5.41, 5.74) is 0. The Bertz CT molecular complexity index is 247. The Hall–Kier alpha value is -0.440. The van der Waals surface area contributed by atoms with Crippen LogP contribution in [0.15, 0.2) is 0 Å². The van der Waals surface area contributed by atoms with E-state index < -0.39 is 19.1 Å². The molecule has 1 aliphatic carbocycles. The van der Waals surface area contributed by atoms with Crippen LogP contribution in [-0.4, -0.2) is 0 Å². The van der Waals surface area contributed by atoms with Crippen LogP contribution in [0.1, 0.15) is 45.3 Å². The van der Waals surface area contributed by atoms with Gasteiger partial charge >= 0.3 is 0 Å². The second-order valence-electron chi connectivity index (χ2n) is 1.67. The zero-order valence-corrected chi connectivity index (χ0v) is 4.70. The minimum atomic E-state index is -2.19. The third-order valence-electron chi connectivity index (χ3n) is 0.975. The minimum Gasteiger partial charge on any atom is -0.103 e. The molecule has 0 amide bonds. The van der Waals surface area contributed by atoms with Gasteiger partial charge in [0.25, 0.3) is 0 Å². The molecule has 0 heterocycles. The van der Waals surface area contributed by atoms with Gasteiger partial charge in [0.1, 0.15) is 0 Å². The van der Waals surface area contributed by atoms with Crippen molar-refractivity contribution >= 4 is 0 Å². The molecule has 1 aliphatic rings. The fourth-order valence-corrected chi connectivity index (χ4v) is 0.558. The second kappa shape index (κ2) is 3.55. The largest absolute Gasteiger partial charge is 0.103 e. The maximum absolute atomic E-state index is 7.48. The number of rotatable bonds is 0. The normalized spacial score (nSPS) is 51.0. The first-order valence-corrected chi connectivity index (χ1v) is 2.80. The summed E-state index contributed by atoms with van der Waals surface area (Å²) in [5.74, 6) is 4.88. The van der Waals surface area contributed by atoms with Gasteiger partial charge in [-0.15, -0.1) is 11.8 Å². The predicted octanol–water partition coefficient (Wildman–Crippen LogP) is 2.34. The van der Waals surface area contributed by atoms with Crippen molar-refractivity contribution in [2.45, 2.75) is 38.4 Å². The van der Waals surface area contributed by atoms with Crippen LogP contribution in [0.25, 0.3) is 0 Å². The van der Waals surface area contributed by atoms with Gasteiger partial charge in [0.2, 0.25) is 0 Å². The van der Waals surface area contributed by atoms with Gasteiger partial charge < -0.3 is 0 Å². The highest BCUT2D eigenvalue weighted by atomic mass is 13.9. The van der Waals surface area contributed by atoms with Gasteiger partial charge in [-0.2, -0.15) is 0 Å². The molecule has 1 rings (SSSR count). The van der Waals surface area contributed by atoms with E-state index in [0.29, 0.717) is 19.3 Å². The van der Waals surface area contributed by atoms with Crippen LogP contribution >= 0.6 is 0 Å². The summed E-state index contributed by atoms with van der Waals surface area (Å²) in [7, 11) is 0. The Labute approximate surface area is 58.3 Å². The molecule has 0 spiro atoms. The maximum Gasteiger partial charge on any atom is 0.0402 e. The van der Waals surface area contributed by atoms with E-state index in [1.165, 1.54) is 0 Å². The van der Waals surface area contributed by atoms with E-state index in [9.17, 15) is 0 Å². The number of hydrogen-bond acceptors (Lipinski definition) is 0. The molecule has 0 radical (unpaired) electrons. The molecule has 0 aliphatic heterocycles. The first-order valence-electron chi connectivity index (χ1n) is 5.38. The molecule has 0 aromatic rings. The van der Waals surface area contributed by atoms with Gasteiger partial charge in [-0.25, -0.2) is 0 Å². The summed E-state index contributed by atoms with van der Waals surface area (Å²) in [4.78, 5) is 0. The lowest BCUT2D eigenvalue weighted by Crippen LogP contribution is -1.80. The first-order chi connectivity index (χ1) is 5.88. The van der Waals surface area contributed by atoms with Crippen molar-refractivity contribution in [3.05, 3.63) is 0 Å². The average Bonchev–Trinajstić information content (AvgIpc) is 2.01. The molecule has 1 unspecified atom stereocenters. The molecule has 44 valence electrons. The van der Waals surface area contributed by atoms with Crippen LogP contribution in [0.5, 0.6) is 0 Å². The summed E-state index contributed by atoms with van der Waals surface area (Å²) in [6.07, 6.45) is -3.76. The molecule has 0 bridgehead atoms. The predicted molar refractivity (Wildman–Crippen MR) is 35.5 cm³/mol. The van der Waals surface area contributed by atoms with Gasteiger partial charge in [0, 0.05) is 19.6 Å². The fourth-order valence-electron chi connectivity index (χ4n) is 0.558. The van der Waals surface area contributed by atoms with Crippen molar-refractivity contribution in [1.29, 1.82) is 0 Å². The summed E-state index contributed by atoms with van der Waals surface area (Å²) in [6.45, 7) is 0. The maximum atomic E-state index is 7.48. The fraction of sp³-hybridized carbons (Fsp3) is 0.750. The molecule has 0 fully saturated rings. The SMILES string of the molecule is [2H]C1CCCC#CC([2H])([2H])C1([2H])[2H].